The summed E-state index contributed by atoms with van der Waals surface area (Å²) in [6.07, 6.45) is 3.70. The van der Waals surface area contributed by atoms with Gasteiger partial charge in [0.15, 0.2) is 5.43 Å². The van der Waals surface area contributed by atoms with Crippen molar-refractivity contribution in [3.63, 3.8) is 0 Å². The Morgan fingerprint density at radius 1 is 1.26 bits per heavy atom. The van der Waals surface area contributed by atoms with Gasteiger partial charge in [-0.05, 0) is 12.0 Å². The molecular weight excluding hydrogens is 240 g/mol. The van der Waals surface area contributed by atoms with Crippen molar-refractivity contribution < 1.29 is 4.79 Å². The molecule has 19 heavy (non-hydrogen) atoms. The van der Waals surface area contributed by atoms with Crippen LogP contribution in [0.1, 0.15) is 35.3 Å². The normalized spacial score (nSPS) is 11.8. The van der Waals surface area contributed by atoms with E-state index < -0.39 is 0 Å². The molecule has 0 saturated heterocycles. The van der Waals surface area contributed by atoms with Gasteiger partial charge < -0.3 is 10.3 Å². The second-order valence-electron chi connectivity index (χ2n) is 4.27. The highest BCUT2D eigenvalue weighted by molar-refractivity contribution is 5.94. The third-order valence-electron chi connectivity index (χ3n) is 2.98. The highest BCUT2D eigenvalue weighted by atomic mass is 16.2. The lowest BCUT2D eigenvalue weighted by atomic mass is 10.0. The van der Waals surface area contributed by atoms with Crippen molar-refractivity contribution in [3.05, 3.63) is 70.1 Å². The molecule has 1 aromatic carbocycles. The average Bonchev–Trinajstić information content (AvgIpc) is 2.46. The van der Waals surface area contributed by atoms with Gasteiger partial charge in [0, 0.05) is 18.5 Å². The van der Waals surface area contributed by atoms with Crippen LogP contribution in [0.2, 0.25) is 0 Å². The number of aromatic amines is 1. The zero-order valence-electron chi connectivity index (χ0n) is 10.7. The van der Waals surface area contributed by atoms with Crippen LogP contribution >= 0.6 is 0 Å². The standard InChI is InChI=1S/C15H16N2O2/c1-2-13(11-6-4-3-5-7-11)17-15(19)12-10-16-9-8-14(12)18/h3-10,13H,2H2,1H3,(H,16,18)(H,17,19). The van der Waals surface area contributed by atoms with Crippen LogP contribution in [0.5, 0.6) is 0 Å². The van der Waals surface area contributed by atoms with Crippen molar-refractivity contribution in [2.75, 3.05) is 0 Å². The quantitative estimate of drug-likeness (QED) is 0.881. The number of hydrogen-bond acceptors (Lipinski definition) is 2. The van der Waals surface area contributed by atoms with Crippen LogP contribution in [0.3, 0.4) is 0 Å². The minimum atomic E-state index is -0.349. The van der Waals surface area contributed by atoms with Gasteiger partial charge in [-0.3, -0.25) is 9.59 Å². The topological polar surface area (TPSA) is 62.0 Å². The predicted octanol–water partition coefficient (Wildman–Crippen LogP) is 2.26. The number of amides is 1. The van der Waals surface area contributed by atoms with Crippen molar-refractivity contribution in [2.24, 2.45) is 0 Å². The van der Waals surface area contributed by atoms with Crippen LogP contribution < -0.4 is 10.7 Å². The first-order chi connectivity index (χ1) is 9.22. The summed E-state index contributed by atoms with van der Waals surface area (Å²) in [6, 6.07) is 11.0. The number of benzene rings is 1. The van der Waals surface area contributed by atoms with Gasteiger partial charge >= 0.3 is 0 Å². The number of carbonyl (C=O) groups is 1. The maximum absolute atomic E-state index is 12.1. The molecule has 1 atom stereocenters. The molecule has 1 aromatic heterocycles. The van der Waals surface area contributed by atoms with Gasteiger partial charge in [0.05, 0.1) is 6.04 Å². The lowest BCUT2D eigenvalue weighted by Gasteiger charge is -2.17. The van der Waals surface area contributed by atoms with Crippen molar-refractivity contribution in [1.29, 1.82) is 0 Å². The molecule has 2 rings (SSSR count). The van der Waals surface area contributed by atoms with Crippen LogP contribution in [0, 0.1) is 0 Å². The van der Waals surface area contributed by atoms with Crippen molar-refractivity contribution in [1.82, 2.24) is 10.3 Å². The first kappa shape index (κ1) is 13.1. The second-order valence-corrected chi connectivity index (χ2v) is 4.27. The zero-order valence-corrected chi connectivity index (χ0v) is 10.7. The molecule has 1 heterocycles. The van der Waals surface area contributed by atoms with Crippen molar-refractivity contribution >= 4 is 5.91 Å². The molecule has 2 aromatic rings. The molecule has 2 N–H and O–H groups in total. The minimum Gasteiger partial charge on any atom is -0.367 e. The Hall–Kier alpha value is -2.36. The molecule has 0 aliphatic heterocycles. The van der Waals surface area contributed by atoms with E-state index in [1.807, 2.05) is 37.3 Å². The summed E-state index contributed by atoms with van der Waals surface area (Å²) in [6.45, 7) is 1.99. The van der Waals surface area contributed by atoms with E-state index in [9.17, 15) is 9.59 Å². The van der Waals surface area contributed by atoms with E-state index in [0.717, 1.165) is 12.0 Å². The number of H-pyrrole nitrogens is 1. The lowest BCUT2D eigenvalue weighted by molar-refractivity contribution is 0.0934. The molecule has 98 valence electrons. The maximum Gasteiger partial charge on any atom is 0.257 e. The molecule has 0 radical (unpaired) electrons. The highest BCUT2D eigenvalue weighted by Crippen LogP contribution is 2.16. The lowest BCUT2D eigenvalue weighted by Crippen LogP contribution is -2.31. The third kappa shape index (κ3) is 3.10. The number of carbonyl (C=O) groups excluding carboxylic acids is 1. The van der Waals surface area contributed by atoms with Crippen LogP contribution in [0.25, 0.3) is 0 Å². The molecule has 0 bridgehead atoms. The highest BCUT2D eigenvalue weighted by Gasteiger charge is 2.15. The Morgan fingerprint density at radius 3 is 2.63 bits per heavy atom. The van der Waals surface area contributed by atoms with Crippen LogP contribution in [-0.4, -0.2) is 10.9 Å². The number of nitrogens with one attached hydrogen (secondary N) is 2. The molecule has 4 heteroatoms. The van der Waals surface area contributed by atoms with Gasteiger partial charge in [0.1, 0.15) is 5.56 Å². The van der Waals surface area contributed by atoms with E-state index in [1.54, 1.807) is 0 Å². The summed E-state index contributed by atoms with van der Waals surface area (Å²) < 4.78 is 0. The Kier molecular flexibility index (Phi) is 4.13. The first-order valence-corrected chi connectivity index (χ1v) is 6.25. The van der Waals surface area contributed by atoms with E-state index in [-0.39, 0.29) is 22.9 Å². The predicted molar refractivity (Wildman–Crippen MR) is 74.0 cm³/mol. The number of rotatable bonds is 4. The smallest absolute Gasteiger partial charge is 0.257 e. The molecule has 0 fully saturated rings. The molecular formula is C15H16N2O2. The van der Waals surface area contributed by atoms with Crippen LogP contribution in [0.4, 0.5) is 0 Å². The Balaban J connectivity index is 2.18. The molecule has 0 aliphatic rings. The van der Waals surface area contributed by atoms with E-state index >= 15 is 0 Å². The van der Waals surface area contributed by atoms with E-state index in [1.165, 1.54) is 18.5 Å². The van der Waals surface area contributed by atoms with Crippen LogP contribution in [0.15, 0.2) is 53.6 Å². The summed E-state index contributed by atoms with van der Waals surface area (Å²) in [7, 11) is 0. The fourth-order valence-electron chi connectivity index (χ4n) is 1.94. The molecule has 4 nitrogen and oxygen atoms in total. The average molecular weight is 256 g/mol. The number of pyridine rings is 1. The summed E-state index contributed by atoms with van der Waals surface area (Å²) in [5.74, 6) is -0.349. The molecule has 1 unspecified atom stereocenters. The van der Waals surface area contributed by atoms with Crippen LogP contribution in [-0.2, 0) is 0 Å². The van der Waals surface area contributed by atoms with Crippen molar-refractivity contribution in [3.8, 4) is 0 Å². The fraction of sp³-hybridized carbons (Fsp3) is 0.200. The van der Waals surface area contributed by atoms with Gasteiger partial charge in [0.25, 0.3) is 5.91 Å². The summed E-state index contributed by atoms with van der Waals surface area (Å²) >= 11 is 0. The van der Waals surface area contributed by atoms with Gasteiger partial charge in [-0.25, -0.2) is 0 Å². The number of aromatic nitrogens is 1. The fourth-order valence-corrected chi connectivity index (χ4v) is 1.94. The summed E-state index contributed by atoms with van der Waals surface area (Å²) in [5.41, 5.74) is 0.891. The Morgan fingerprint density at radius 2 is 2.00 bits per heavy atom. The Labute approximate surface area is 111 Å². The largest absolute Gasteiger partial charge is 0.367 e. The Bertz CT molecular complexity index is 605. The van der Waals surface area contributed by atoms with Gasteiger partial charge in [-0.1, -0.05) is 37.3 Å². The van der Waals surface area contributed by atoms with Gasteiger partial charge in [-0.2, -0.15) is 0 Å². The molecule has 0 aliphatic carbocycles. The van der Waals surface area contributed by atoms with E-state index in [0.29, 0.717) is 0 Å². The maximum atomic E-state index is 12.1. The first-order valence-electron chi connectivity index (χ1n) is 6.25. The minimum absolute atomic E-state index is 0.0895. The summed E-state index contributed by atoms with van der Waals surface area (Å²) in [4.78, 5) is 26.4. The molecule has 0 spiro atoms. The number of hydrogen-bond donors (Lipinski definition) is 2. The van der Waals surface area contributed by atoms with Gasteiger partial charge in [-0.15, -0.1) is 0 Å². The third-order valence-corrected chi connectivity index (χ3v) is 2.98. The SMILES string of the molecule is CCC(NC(=O)c1c[nH]ccc1=O)c1ccccc1. The van der Waals surface area contributed by atoms with E-state index in [4.69, 9.17) is 0 Å². The summed E-state index contributed by atoms with van der Waals surface area (Å²) in [5, 5.41) is 2.88. The monoisotopic (exact) mass is 256 g/mol. The second kappa shape index (κ2) is 6.00. The van der Waals surface area contributed by atoms with Crippen molar-refractivity contribution in [2.45, 2.75) is 19.4 Å². The molecule has 1 amide bonds. The molecule has 0 saturated carbocycles. The van der Waals surface area contributed by atoms with E-state index in [2.05, 4.69) is 10.3 Å². The van der Waals surface area contributed by atoms with Gasteiger partial charge in [0.2, 0.25) is 0 Å². The zero-order chi connectivity index (χ0) is 13.7.